The number of ether oxygens (including phenoxy) is 1. The van der Waals surface area contributed by atoms with Gasteiger partial charge in [-0.2, -0.15) is 0 Å². The SMILES string of the molecule is Cc1c(Cl)cccc1S(=O)(=O)NC(CN1C(=O)COC1=O)c1ccccc1. The predicted molar refractivity (Wildman–Crippen MR) is 98.8 cm³/mol. The van der Waals surface area contributed by atoms with Crippen LogP contribution in [0.25, 0.3) is 0 Å². The number of benzene rings is 2. The molecule has 1 heterocycles. The molecule has 0 aromatic heterocycles. The van der Waals surface area contributed by atoms with E-state index in [0.717, 1.165) is 4.90 Å². The second-order valence-corrected chi connectivity index (χ2v) is 8.10. The molecule has 1 atom stereocenters. The maximum atomic E-state index is 12.9. The highest BCUT2D eigenvalue weighted by Crippen LogP contribution is 2.25. The molecule has 1 saturated heterocycles. The monoisotopic (exact) mass is 408 g/mol. The van der Waals surface area contributed by atoms with Crippen molar-refractivity contribution in [3.8, 4) is 0 Å². The summed E-state index contributed by atoms with van der Waals surface area (Å²) in [5.74, 6) is -0.515. The number of cyclic esters (lactones) is 1. The summed E-state index contributed by atoms with van der Waals surface area (Å²) in [6.45, 7) is 1.08. The van der Waals surface area contributed by atoms with Gasteiger partial charge in [0.25, 0.3) is 5.91 Å². The molecule has 1 fully saturated rings. The Morgan fingerprint density at radius 2 is 1.85 bits per heavy atom. The van der Waals surface area contributed by atoms with Crippen molar-refractivity contribution in [2.45, 2.75) is 17.9 Å². The number of amides is 2. The Bertz CT molecular complexity index is 963. The summed E-state index contributed by atoms with van der Waals surface area (Å²) >= 11 is 6.04. The van der Waals surface area contributed by atoms with Gasteiger partial charge in [0.2, 0.25) is 10.0 Å². The van der Waals surface area contributed by atoms with Gasteiger partial charge in [-0.1, -0.05) is 48.0 Å². The van der Waals surface area contributed by atoms with Gasteiger partial charge >= 0.3 is 6.09 Å². The highest BCUT2D eigenvalue weighted by atomic mass is 35.5. The third-order valence-electron chi connectivity index (χ3n) is 4.21. The average Bonchev–Trinajstić information content (AvgIpc) is 2.95. The van der Waals surface area contributed by atoms with Crippen molar-refractivity contribution in [2.24, 2.45) is 0 Å². The number of carbonyl (C=O) groups is 2. The predicted octanol–water partition coefficient (Wildman–Crippen LogP) is 2.65. The van der Waals surface area contributed by atoms with E-state index < -0.39 is 28.1 Å². The number of carbonyl (C=O) groups excluding carboxylic acids is 2. The van der Waals surface area contributed by atoms with Gasteiger partial charge in [0.1, 0.15) is 0 Å². The lowest BCUT2D eigenvalue weighted by Crippen LogP contribution is -2.40. The van der Waals surface area contributed by atoms with Crippen LogP contribution in [0.2, 0.25) is 5.02 Å². The molecule has 9 heteroatoms. The van der Waals surface area contributed by atoms with E-state index in [9.17, 15) is 18.0 Å². The Kier molecular flexibility index (Phi) is 5.50. The summed E-state index contributed by atoms with van der Waals surface area (Å²) in [5.41, 5.74) is 1.02. The van der Waals surface area contributed by atoms with E-state index in [-0.39, 0.29) is 18.0 Å². The first kappa shape index (κ1) is 19.3. The van der Waals surface area contributed by atoms with Crippen LogP contribution in [0.1, 0.15) is 17.2 Å². The molecule has 0 saturated carbocycles. The van der Waals surface area contributed by atoms with Gasteiger partial charge in [-0.3, -0.25) is 4.79 Å². The first-order valence-corrected chi connectivity index (χ1v) is 9.95. The van der Waals surface area contributed by atoms with Crippen LogP contribution in [0.3, 0.4) is 0 Å². The lowest BCUT2D eigenvalue weighted by molar-refractivity contribution is -0.126. The Morgan fingerprint density at radius 1 is 1.15 bits per heavy atom. The van der Waals surface area contributed by atoms with Crippen LogP contribution in [0.15, 0.2) is 53.4 Å². The molecule has 1 unspecified atom stereocenters. The van der Waals surface area contributed by atoms with E-state index in [2.05, 4.69) is 4.72 Å². The molecule has 2 aromatic carbocycles. The largest absolute Gasteiger partial charge is 0.439 e. The fourth-order valence-electron chi connectivity index (χ4n) is 2.77. The Labute approximate surface area is 161 Å². The van der Waals surface area contributed by atoms with Crippen molar-refractivity contribution in [1.29, 1.82) is 0 Å². The molecule has 1 aliphatic rings. The number of sulfonamides is 1. The highest BCUT2D eigenvalue weighted by Gasteiger charge is 2.35. The van der Waals surface area contributed by atoms with Crippen LogP contribution in [0.5, 0.6) is 0 Å². The highest BCUT2D eigenvalue weighted by molar-refractivity contribution is 7.89. The summed E-state index contributed by atoms with van der Waals surface area (Å²) in [7, 11) is -3.96. The van der Waals surface area contributed by atoms with Crippen LogP contribution in [0, 0.1) is 6.92 Å². The minimum atomic E-state index is -3.96. The van der Waals surface area contributed by atoms with Gasteiger partial charge in [0.05, 0.1) is 17.5 Å². The summed E-state index contributed by atoms with van der Waals surface area (Å²) in [5, 5.41) is 0.326. The molecule has 27 heavy (non-hydrogen) atoms. The number of rotatable bonds is 6. The van der Waals surface area contributed by atoms with Crippen molar-refractivity contribution in [2.75, 3.05) is 13.2 Å². The van der Waals surface area contributed by atoms with E-state index in [1.54, 1.807) is 49.4 Å². The molecule has 1 N–H and O–H groups in total. The molecule has 0 aliphatic carbocycles. The standard InChI is InChI=1S/C18H17ClN2O5S/c1-12-14(19)8-5-9-16(12)27(24,25)20-15(13-6-3-2-4-7-13)10-21-17(22)11-26-18(21)23/h2-9,15,20H,10-11H2,1H3. The van der Waals surface area contributed by atoms with Gasteiger partial charge in [-0.25, -0.2) is 22.8 Å². The molecule has 2 aromatic rings. The van der Waals surface area contributed by atoms with Gasteiger partial charge in [0.15, 0.2) is 6.61 Å². The summed E-state index contributed by atoms with van der Waals surface area (Å²) < 4.78 is 33.2. The smallest absolute Gasteiger partial charge is 0.417 e. The van der Waals surface area contributed by atoms with Crippen molar-refractivity contribution in [3.63, 3.8) is 0 Å². The normalized spacial score (nSPS) is 15.7. The van der Waals surface area contributed by atoms with E-state index in [0.29, 0.717) is 16.1 Å². The number of hydrogen-bond donors (Lipinski definition) is 1. The van der Waals surface area contributed by atoms with Gasteiger partial charge < -0.3 is 4.74 Å². The van der Waals surface area contributed by atoms with Crippen molar-refractivity contribution in [3.05, 3.63) is 64.7 Å². The topological polar surface area (TPSA) is 92.8 Å². The quantitative estimate of drug-likeness (QED) is 0.793. The van der Waals surface area contributed by atoms with Crippen LogP contribution < -0.4 is 4.72 Å². The molecular formula is C18H17ClN2O5S. The van der Waals surface area contributed by atoms with Crippen molar-refractivity contribution >= 4 is 33.6 Å². The number of nitrogens with one attached hydrogen (secondary N) is 1. The molecule has 142 valence electrons. The van der Waals surface area contributed by atoms with Gasteiger partial charge in [-0.05, 0) is 30.2 Å². The third kappa shape index (κ3) is 4.13. The molecule has 3 rings (SSSR count). The Balaban J connectivity index is 1.95. The average molecular weight is 409 g/mol. The van der Waals surface area contributed by atoms with E-state index in [1.165, 1.54) is 6.07 Å². The minimum Gasteiger partial charge on any atom is -0.439 e. The maximum absolute atomic E-state index is 12.9. The molecule has 0 bridgehead atoms. The second kappa shape index (κ2) is 7.67. The lowest BCUT2D eigenvalue weighted by atomic mass is 10.1. The zero-order chi connectivity index (χ0) is 19.6. The Hall–Kier alpha value is -2.42. The summed E-state index contributed by atoms with van der Waals surface area (Å²) in [6.07, 6.45) is -0.793. The molecule has 2 amide bonds. The van der Waals surface area contributed by atoms with Crippen LogP contribution in [-0.2, 0) is 19.6 Å². The first-order chi connectivity index (χ1) is 12.8. The number of nitrogens with zero attached hydrogens (tertiary/aromatic N) is 1. The lowest BCUT2D eigenvalue weighted by Gasteiger charge is -2.23. The van der Waals surface area contributed by atoms with Crippen molar-refractivity contribution < 1.29 is 22.7 Å². The minimum absolute atomic E-state index is 0.0336. The molecular weight excluding hydrogens is 392 g/mol. The van der Waals surface area contributed by atoms with Gasteiger partial charge in [-0.15, -0.1) is 0 Å². The van der Waals surface area contributed by atoms with Crippen LogP contribution in [0.4, 0.5) is 4.79 Å². The molecule has 0 radical (unpaired) electrons. The first-order valence-electron chi connectivity index (χ1n) is 8.09. The van der Waals surface area contributed by atoms with Gasteiger partial charge in [0, 0.05) is 5.02 Å². The summed E-state index contributed by atoms with van der Waals surface area (Å²) in [6, 6.07) is 12.4. The van der Waals surface area contributed by atoms with Crippen LogP contribution in [-0.4, -0.2) is 38.5 Å². The van der Waals surface area contributed by atoms with E-state index >= 15 is 0 Å². The number of hydrogen-bond acceptors (Lipinski definition) is 5. The van der Waals surface area contributed by atoms with E-state index in [4.69, 9.17) is 16.3 Å². The number of halogens is 1. The maximum Gasteiger partial charge on any atom is 0.417 e. The molecule has 1 aliphatic heterocycles. The fourth-order valence-corrected chi connectivity index (χ4v) is 4.48. The molecule has 7 nitrogen and oxygen atoms in total. The van der Waals surface area contributed by atoms with E-state index in [1.807, 2.05) is 0 Å². The zero-order valence-corrected chi connectivity index (χ0v) is 16.0. The number of imide groups is 1. The second-order valence-electron chi connectivity index (χ2n) is 6.01. The fraction of sp³-hybridized carbons (Fsp3) is 0.222. The summed E-state index contributed by atoms with van der Waals surface area (Å²) in [4.78, 5) is 24.6. The zero-order valence-electron chi connectivity index (χ0n) is 14.4. The Morgan fingerprint density at radius 3 is 2.48 bits per heavy atom. The van der Waals surface area contributed by atoms with Crippen molar-refractivity contribution in [1.82, 2.24) is 9.62 Å². The molecule has 0 spiro atoms. The van der Waals surface area contributed by atoms with Crippen LogP contribution >= 0.6 is 11.6 Å². The third-order valence-corrected chi connectivity index (χ3v) is 6.24.